The van der Waals surface area contributed by atoms with Crippen LogP contribution in [0.1, 0.15) is 17.9 Å². The number of benzene rings is 1. The third kappa shape index (κ3) is 3.31. The Morgan fingerprint density at radius 3 is 2.77 bits per heavy atom. The van der Waals surface area contributed by atoms with Gasteiger partial charge in [0.15, 0.2) is 5.15 Å². The van der Waals surface area contributed by atoms with Crippen molar-refractivity contribution in [2.24, 2.45) is 0 Å². The topological polar surface area (TPSA) is 63.2 Å². The number of nitrogens with one attached hydrogen (secondary N) is 2. The first-order valence-electron chi connectivity index (χ1n) is 6.99. The van der Waals surface area contributed by atoms with E-state index in [4.69, 9.17) is 16.3 Å². The number of methoxy groups -OCH3 is 1. The van der Waals surface area contributed by atoms with Crippen molar-refractivity contribution in [3.63, 3.8) is 0 Å². The Morgan fingerprint density at radius 1 is 1.32 bits per heavy atom. The Bertz CT molecular complexity index is 675. The van der Waals surface area contributed by atoms with Gasteiger partial charge in [-0.05, 0) is 36.2 Å². The molecule has 6 heteroatoms. The number of pyridine rings is 1. The Hall–Kier alpha value is -2.27. The van der Waals surface area contributed by atoms with Crippen molar-refractivity contribution in [1.29, 1.82) is 0 Å². The van der Waals surface area contributed by atoms with Crippen molar-refractivity contribution in [2.45, 2.75) is 18.4 Å². The summed E-state index contributed by atoms with van der Waals surface area (Å²) in [6, 6.07) is 11.2. The summed E-state index contributed by atoms with van der Waals surface area (Å²) in [5.41, 5.74) is 1.70. The van der Waals surface area contributed by atoms with Crippen LogP contribution in [0, 0.1) is 0 Å². The minimum Gasteiger partial charge on any atom is -0.497 e. The first-order chi connectivity index (χ1) is 10.7. The van der Waals surface area contributed by atoms with E-state index in [1.54, 1.807) is 25.4 Å². The normalized spacial score (nSPS) is 19.4. The molecule has 0 saturated heterocycles. The van der Waals surface area contributed by atoms with Gasteiger partial charge in [0.05, 0.1) is 12.8 Å². The number of hydrogen-bond donors (Lipinski definition) is 2. The van der Waals surface area contributed by atoms with E-state index in [1.807, 2.05) is 24.3 Å². The number of hydrogen-bond acceptors (Lipinski definition) is 3. The van der Waals surface area contributed by atoms with Crippen molar-refractivity contribution in [2.75, 3.05) is 12.4 Å². The lowest BCUT2D eigenvalue weighted by atomic mass is 10.1. The summed E-state index contributed by atoms with van der Waals surface area (Å²) in [4.78, 5) is 15.9. The fourth-order valence-electron chi connectivity index (χ4n) is 2.38. The molecule has 0 bridgehead atoms. The van der Waals surface area contributed by atoms with E-state index in [9.17, 15) is 4.79 Å². The number of nitrogens with zero attached hydrogens (tertiary/aromatic N) is 1. The fourth-order valence-corrected chi connectivity index (χ4v) is 2.55. The molecule has 0 spiro atoms. The van der Waals surface area contributed by atoms with Crippen molar-refractivity contribution in [3.8, 4) is 5.75 Å². The van der Waals surface area contributed by atoms with Gasteiger partial charge in [-0.15, -0.1) is 0 Å². The van der Waals surface area contributed by atoms with Crippen molar-refractivity contribution in [1.82, 2.24) is 10.3 Å². The first-order valence-corrected chi connectivity index (χ1v) is 7.37. The van der Waals surface area contributed by atoms with Crippen LogP contribution in [0.4, 0.5) is 10.5 Å². The Kier molecular flexibility index (Phi) is 4.15. The van der Waals surface area contributed by atoms with E-state index in [0.29, 0.717) is 11.6 Å². The quantitative estimate of drug-likeness (QED) is 0.849. The summed E-state index contributed by atoms with van der Waals surface area (Å²) < 4.78 is 5.14. The van der Waals surface area contributed by atoms with Gasteiger partial charge in [0.1, 0.15) is 5.75 Å². The summed E-state index contributed by atoms with van der Waals surface area (Å²) in [5.74, 6) is 1.18. The minimum absolute atomic E-state index is 0.142. The van der Waals surface area contributed by atoms with Crippen LogP contribution >= 0.6 is 11.6 Å². The average Bonchev–Trinajstić information content (AvgIpc) is 3.29. The third-order valence-electron chi connectivity index (χ3n) is 3.66. The van der Waals surface area contributed by atoms with Gasteiger partial charge in [-0.1, -0.05) is 23.7 Å². The van der Waals surface area contributed by atoms with Crippen LogP contribution in [-0.2, 0) is 0 Å². The van der Waals surface area contributed by atoms with E-state index in [-0.39, 0.29) is 17.2 Å². The molecule has 2 atom stereocenters. The predicted octanol–water partition coefficient (Wildman–Crippen LogP) is 3.42. The van der Waals surface area contributed by atoms with Crippen molar-refractivity contribution < 1.29 is 9.53 Å². The monoisotopic (exact) mass is 317 g/mol. The molecule has 1 aromatic heterocycles. The molecule has 1 heterocycles. The number of amides is 2. The lowest BCUT2D eigenvalue weighted by molar-refractivity contribution is 0.251. The molecule has 1 saturated carbocycles. The summed E-state index contributed by atoms with van der Waals surface area (Å²) in [7, 11) is 1.64. The van der Waals surface area contributed by atoms with E-state index in [0.717, 1.165) is 12.2 Å². The van der Waals surface area contributed by atoms with E-state index in [2.05, 4.69) is 15.6 Å². The Labute approximate surface area is 133 Å². The minimum atomic E-state index is -0.268. The number of carbonyl (C=O) groups excluding carboxylic acids is 1. The first kappa shape index (κ1) is 14.7. The Balaban J connectivity index is 1.54. The number of carbonyl (C=O) groups is 1. The fraction of sp³-hybridized carbons (Fsp3) is 0.250. The van der Waals surface area contributed by atoms with Gasteiger partial charge in [0.25, 0.3) is 0 Å². The van der Waals surface area contributed by atoms with Crippen LogP contribution in [-0.4, -0.2) is 24.2 Å². The molecule has 2 N–H and O–H groups in total. The molecule has 1 aromatic carbocycles. The molecule has 0 radical (unpaired) electrons. The van der Waals surface area contributed by atoms with Gasteiger partial charge in [-0.3, -0.25) is 0 Å². The summed E-state index contributed by atoms with van der Waals surface area (Å²) in [6.45, 7) is 0. The molecule has 0 unspecified atom stereocenters. The largest absolute Gasteiger partial charge is 0.497 e. The highest BCUT2D eigenvalue weighted by molar-refractivity contribution is 6.32. The highest BCUT2D eigenvalue weighted by atomic mass is 35.5. The van der Waals surface area contributed by atoms with E-state index >= 15 is 0 Å². The van der Waals surface area contributed by atoms with E-state index in [1.165, 1.54) is 5.56 Å². The van der Waals surface area contributed by atoms with Gasteiger partial charge in [0.2, 0.25) is 0 Å². The van der Waals surface area contributed by atoms with Gasteiger partial charge in [-0.2, -0.15) is 0 Å². The average molecular weight is 318 g/mol. The summed E-state index contributed by atoms with van der Waals surface area (Å²) in [5, 5.41) is 5.92. The lowest BCUT2D eigenvalue weighted by Crippen LogP contribution is -2.31. The second-order valence-corrected chi connectivity index (χ2v) is 5.52. The maximum atomic E-state index is 12.0. The van der Waals surface area contributed by atoms with Crippen LogP contribution < -0.4 is 15.4 Å². The summed E-state index contributed by atoms with van der Waals surface area (Å²) >= 11 is 5.91. The number of halogens is 1. The molecule has 0 aliphatic heterocycles. The second-order valence-electron chi connectivity index (χ2n) is 5.16. The zero-order valence-corrected chi connectivity index (χ0v) is 12.8. The molecule has 1 aliphatic rings. The molecule has 1 fully saturated rings. The highest BCUT2D eigenvalue weighted by Crippen LogP contribution is 2.41. The molecule has 114 valence electrons. The molecular weight excluding hydrogens is 302 g/mol. The Morgan fingerprint density at radius 2 is 2.09 bits per heavy atom. The molecule has 3 rings (SSSR count). The molecular formula is C16H16ClN3O2. The van der Waals surface area contributed by atoms with Crippen molar-refractivity contribution in [3.05, 3.63) is 53.3 Å². The SMILES string of the molecule is COc1ccc([C@@H]2C[C@H]2NC(=O)Nc2cccnc2Cl)cc1. The molecule has 1 aliphatic carbocycles. The lowest BCUT2D eigenvalue weighted by Gasteiger charge is -2.08. The van der Waals surface area contributed by atoms with Crippen LogP contribution in [0.25, 0.3) is 0 Å². The van der Waals surface area contributed by atoms with Crippen LogP contribution in [0.5, 0.6) is 5.75 Å². The standard InChI is InChI=1S/C16H16ClN3O2/c1-22-11-6-4-10(5-7-11)12-9-14(12)20-16(21)19-13-3-2-8-18-15(13)17/h2-8,12,14H,9H2,1H3,(H2,19,20,21)/t12-,14+/m0/s1. The maximum absolute atomic E-state index is 12.0. The zero-order valence-electron chi connectivity index (χ0n) is 12.0. The number of urea groups is 1. The van der Waals surface area contributed by atoms with Gasteiger partial charge >= 0.3 is 6.03 Å². The van der Waals surface area contributed by atoms with Crippen molar-refractivity contribution >= 4 is 23.3 Å². The smallest absolute Gasteiger partial charge is 0.319 e. The number of rotatable bonds is 4. The molecule has 2 aromatic rings. The van der Waals surface area contributed by atoms with Gasteiger partial charge < -0.3 is 15.4 Å². The number of anilines is 1. The van der Waals surface area contributed by atoms with Crippen LogP contribution in [0.3, 0.4) is 0 Å². The zero-order chi connectivity index (χ0) is 15.5. The highest BCUT2D eigenvalue weighted by Gasteiger charge is 2.39. The number of ether oxygens (including phenoxy) is 1. The third-order valence-corrected chi connectivity index (χ3v) is 3.96. The predicted molar refractivity (Wildman–Crippen MR) is 85.5 cm³/mol. The number of aromatic nitrogens is 1. The molecule has 5 nitrogen and oxygen atoms in total. The second kappa shape index (κ2) is 6.23. The van der Waals surface area contributed by atoms with Crippen LogP contribution in [0.15, 0.2) is 42.6 Å². The maximum Gasteiger partial charge on any atom is 0.319 e. The molecule has 22 heavy (non-hydrogen) atoms. The molecule has 2 amide bonds. The van der Waals surface area contributed by atoms with Gasteiger partial charge in [-0.25, -0.2) is 9.78 Å². The van der Waals surface area contributed by atoms with E-state index < -0.39 is 0 Å². The van der Waals surface area contributed by atoms with Crippen LogP contribution in [0.2, 0.25) is 5.15 Å². The summed E-state index contributed by atoms with van der Waals surface area (Å²) in [6.07, 6.45) is 2.51. The van der Waals surface area contributed by atoms with Gasteiger partial charge in [0, 0.05) is 18.2 Å².